The molecule has 2 aliphatic heterocycles. The Kier molecular flexibility index (Phi) is 7.02. The molecule has 24 heavy (non-hydrogen) atoms. The van der Waals surface area contributed by atoms with Crippen molar-refractivity contribution in [2.45, 2.75) is 58.2 Å². The molecule has 0 aromatic heterocycles. The summed E-state index contributed by atoms with van der Waals surface area (Å²) in [5.41, 5.74) is 0. The van der Waals surface area contributed by atoms with Crippen molar-refractivity contribution in [3.63, 3.8) is 0 Å². The lowest BCUT2D eigenvalue weighted by molar-refractivity contribution is -0.134. The van der Waals surface area contributed by atoms with Crippen LogP contribution in [0.4, 0.5) is 0 Å². The molecule has 0 radical (unpaired) electrons. The minimum absolute atomic E-state index is 0.0590. The van der Waals surface area contributed by atoms with Gasteiger partial charge < -0.3 is 10.0 Å². The van der Waals surface area contributed by atoms with Gasteiger partial charge in [-0.3, -0.25) is 14.6 Å². The highest BCUT2D eigenvalue weighted by Gasteiger charge is 2.31. The zero-order valence-corrected chi connectivity index (χ0v) is 15.3. The quantitative estimate of drug-likeness (QED) is 0.781. The summed E-state index contributed by atoms with van der Waals surface area (Å²) in [6, 6.07) is 2.66. The average molecular weight is 336 g/mol. The number of nitriles is 1. The van der Waals surface area contributed by atoms with E-state index in [0.29, 0.717) is 31.6 Å². The molecule has 0 aromatic carbocycles. The molecule has 2 aliphatic rings. The van der Waals surface area contributed by atoms with Crippen LogP contribution in [0, 0.1) is 17.2 Å². The first kappa shape index (κ1) is 19.2. The number of hydrogen-bond donors (Lipinski definition) is 1. The van der Waals surface area contributed by atoms with Crippen molar-refractivity contribution in [2.24, 2.45) is 5.92 Å². The second kappa shape index (κ2) is 8.80. The Morgan fingerprint density at radius 1 is 1.21 bits per heavy atom. The molecule has 0 saturated carbocycles. The van der Waals surface area contributed by atoms with Crippen molar-refractivity contribution >= 4 is 5.91 Å². The number of nitrogens with zero attached hydrogens (tertiary/aromatic N) is 4. The first-order chi connectivity index (χ1) is 11.4. The molecule has 3 atom stereocenters. The van der Waals surface area contributed by atoms with Gasteiger partial charge >= 0.3 is 0 Å². The third-order valence-electron chi connectivity index (χ3n) is 5.27. The van der Waals surface area contributed by atoms with Gasteiger partial charge in [-0.1, -0.05) is 13.8 Å². The minimum atomic E-state index is -0.312. The maximum atomic E-state index is 12.6. The van der Waals surface area contributed by atoms with E-state index in [-0.39, 0.29) is 18.1 Å². The fourth-order valence-electron chi connectivity index (χ4n) is 3.94. The largest absolute Gasteiger partial charge is 0.393 e. The van der Waals surface area contributed by atoms with Crippen molar-refractivity contribution in [3.8, 4) is 6.07 Å². The summed E-state index contributed by atoms with van der Waals surface area (Å²) in [5.74, 6) is 0.494. The lowest BCUT2D eigenvalue weighted by atomic mass is 10.0. The molecule has 2 rings (SSSR count). The lowest BCUT2D eigenvalue weighted by Gasteiger charge is -2.39. The van der Waals surface area contributed by atoms with Crippen LogP contribution in [0.3, 0.4) is 0 Å². The first-order valence-electron chi connectivity index (χ1n) is 9.26. The molecule has 0 unspecified atom stereocenters. The summed E-state index contributed by atoms with van der Waals surface area (Å²) in [5, 5.41) is 18.9. The molecule has 0 bridgehead atoms. The Morgan fingerprint density at radius 3 is 2.42 bits per heavy atom. The maximum Gasteiger partial charge on any atom is 0.236 e. The predicted molar refractivity (Wildman–Crippen MR) is 93.3 cm³/mol. The van der Waals surface area contributed by atoms with Gasteiger partial charge in [-0.15, -0.1) is 0 Å². The smallest absolute Gasteiger partial charge is 0.236 e. The van der Waals surface area contributed by atoms with E-state index >= 15 is 0 Å². The number of carbonyl (C=O) groups excluding carboxylic acids is 1. The van der Waals surface area contributed by atoms with E-state index in [0.717, 1.165) is 38.9 Å². The molecule has 2 heterocycles. The van der Waals surface area contributed by atoms with Crippen LogP contribution >= 0.6 is 0 Å². The highest BCUT2D eigenvalue weighted by molar-refractivity contribution is 5.78. The molecular weight excluding hydrogens is 304 g/mol. The highest BCUT2D eigenvalue weighted by Crippen LogP contribution is 2.21. The van der Waals surface area contributed by atoms with E-state index in [1.165, 1.54) is 0 Å². The molecule has 6 heteroatoms. The molecular formula is C18H32N4O2. The number of hydrogen-bond acceptors (Lipinski definition) is 5. The van der Waals surface area contributed by atoms with Gasteiger partial charge in [0.15, 0.2) is 0 Å². The third kappa shape index (κ3) is 4.92. The maximum absolute atomic E-state index is 12.6. The zero-order chi connectivity index (χ0) is 17.7. The molecule has 1 N–H and O–H groups in total. The third-order valence-corrected chi connectivity index (χ3v) is 5.27. The lowest BCUT2D eigenvalue weighted by Crippen LogP contribution is -2.54. The molecule has 0 spiro atoms. The van der Waals surface area contributed by atoms with Gasteiger partial charge in [-0.05, 0) is 38.6 Å². The number of aliphatic hydroxyl groups excluding tert-OH is 1. The van der Waals surface area contributed by atoms with E-state index in [1.807, 2.05) is 11.8 Å². The van der Waals surface area contributed by atoms with Crippen molar-refractivity contribution < 1.29 is 9.90 Å². The molecule has 2 fully saturated rings. The summed E-state index contributed by atoms with van der Waals surface area (Å²) in [6.45, 7) is 10.3. The molecule has 2 saturated heterocycles. The van der Waals surface area contributed by atoms with Crippen molar-refractivity contribution in [1.82, 2.24) is 14.7 Å². The van der Waals surface area contributed by atoms with Gasteiger partial charge in [0.25, 0.3) is 0 Å². The van der Waals surface area contributed by atoms with E-state index in [4.69, 9.17) is 0 Å². The SMILES string of the molecule is CC(C)[C@H](C#N)N1CCN(C(=O)CN2CCC[C@H]2C[C@H](C)O)CC1. The van der Waals surface area contributed by atoms with Crippen LogP contribution in [0.15, 0.2) is 0 Å². The fourth-order valence-corrected chi connectivity index (χ4v) is 3.94. The summed E-state index contributed by atoms with van der Waals surface area (Å²) >= 11 is 0. The molecule has 6 nitrogen and oxygen atoms in total. The Labute approximate surface area is 146 Å². The van der Waals surface area contributed by atoms with Crippen LogP contribution in [0.5, 0.6) is 0 Å². The normalized spacial score (nSPS) is 25.7. The minimum Gasteiger partial charge on any atom is -0.393 e. The number of amides is 1. The van der Waals surface area contributed by atoms with Gasteiger partial charge in [-0.2, -0.15) is 5.26 Å². The summed E-state index contributed by atoms with van der Waals surface area (Å²) in [7, 11) is 0. The first-order valence-corrected chi connectivity index (χ1v) is 9.26. The second-order valence-corrected chi connectivity index (χ2v) is 7.59. The monoisotopic (exact) mass is 336 g/mol. The van der Waals surface area contributed by atoms with Crippen LogP contribution in [-0.4, -0.2) is 83.2 Å². The van der Waals surface area contributed by atoms with Crippen LogP contribution in [0.25, 0.3) is 0 Å². The van der Waals surface area contributed by atoms with E-state index in [1.54, 1.807) is 0 Å². The Balaban J connectivity index is 1.81. The molecule has 1 amide bonds. The second-order valence-electron chi connectivity index (χ2n) is 7.59. The van der Waals surface area contributed by atoms with Gasteiger partial charge in [0, 0.05) is 32.2 Å². The molecule has 136 valence electrons. The molecule has 0 aromatic rings. The Hall–Kier alpha value is -1.16. The van der Waals surface area contributed by atoms with E-state index in [9.17, 15) is 15.2 Å². The van der Waals surface area contributed by atoms with Gasteiger partial charge in [0.1, 0.15) is 6.04 Å². The van der Waals surface area contributed by atoms with Crippen molar-refractivity contribution in [2.75, 3.05) is 39.3 Å². The predicted octanol–water partition coefficient (Wildman–Crippen LogP) is 0.914. The van der Waals surface area contributed by atoms with Crippen LogP contribution in [-0.2, 0) is 4.79 Å². The number of carbonyl (C=O) groups is 1. The number of rotatable bonds is 6. The highest BCUT2D eigenvalue weighted by atomic mass is 16.3. The van der Waals surface area contributed by atoms with Crippen LogP contribution < -0.4 is 0 Å². The summed E-state index contributed by atoms with van der Waals surface area (Å²) in [4.78, 5) is 19.0. The van der Waals surface area contributed by atoms with Gasteiger partial charge in [-0.25, -0.2) is 0 Å². The number of aliphatic hydroxyl groups is 1. The Morgan fingerprint density at radius 2 is 1.88 bits per heavy atom. The van der Waals surface area contributed by atoms with Gasteiger partial charge in [0.05, 0.1) is 18.7 Å². The summed E-state index contributed by atoms with van der Waals surface area (Å²) in [6.07, 6.45) is 2.62. The zero-order valence-electron chi connectivity index (χ0n) is 15.3. The van der Waals surface area contributed by atoms with E-state index in [2.05, 4.69) is 29.7 Å². The number of likely N-dealkylation sites (tertiary alicyclic amines) is 1. The molecule has 0 aliphatic carbocycles. The topological polar surface area (TPSA) is 70.8 Å². The van der Waals surface area contributed by atoms with Crippen molar-refractivity contribution in [3.05, 3.63) is 0 Å². The van der Waals surface area contributed by atoms with Crippen LogP contribution in [0.1, 0.15) is 40.0 Å². The Bertz CT molecular complexity index is 452. The van der Waals surface area contributed by atoms with E-state index < -0.39 is 0 Å². The average Bonchev–Trinajstić information content (AvgIpc) is 2.94. The number of piperazine rings is 1. The summed E-state index contributed by atoms with van der Waals surface area (Å²) < 4.78 is 0. The van der Waals surface area contributed by atoms with Crippen LogP contribution in [0.2, 0.25) is 0 Å². The van der Waals surface area contributed by atoms with Gasteiger partial charge in [0.2, 0.25) is 5.91 Å². The van der Waals surface area contributed by atoms with Crippen molar-refractivity contribution in [1.29, 1.82) is 5.26 Å². The fraction of sp³-hybridized carbons (Fsp3) is 0.889. The standard InChI is InChI=1S/C18H32N4O2/c1-14(2)17(12-19)20-7-9-21(10-8-20)18(24)13-22-6-4-5-16(22)11-15(3)23/h14-17,23H,4-11,13H2,1-3H3/t15-,16-,17-/m0/s1.